The van der Waals surface area contributed by atoms with E-state index in [-0.39, 0.29) is 18.1 Å². The Morgan fingerprint density at radius 1 is 1.59 bits per heavy atom. The van der Waals surface area contributed by atoms with Gasteiger partial charge in [-0.3, -0.25) is 10.1 Å². The van der Waals surface area contributed by atoms with Crippen molar-refractivity contribution in [3.05, 3.63) is 33.9 Å². The highest BCUT2D eigenvalue weighted by atomic mass is 79.9. The second-order valence-corrected chi connectivity index (χ2v) is 4.25. The topological polar surface area (TPSA) is 75.4 Å². The Kier molecular flexibility index (Phi) is 5.67. The molecule has 0 saturated carbocycles. The van der Waals surface area contributed by atoms with E-state index in [1.54, 1.807) is 12.1 Å². The van der Waals surface area contributed by atoms with Crippen molar-refractivity contribution in [1.29, 1.82) is 0 Å². The van der Waals surface area contributed by atoms with E-state index < -0.39 is 11.0 Å². The summed E-state index contributed by atoms with van der Waals surface area (Å²) in [5.74, 6) is 0.117. The molecule has 0 amide bonds. The summed E-state index contributed by atoms with van der Waals surface area (Å²) < 4.78 is 0. The summed E-state index contributed by atoms with van der Waals surface area (Å²) in [6.07, 6.45) is -0.681. The second kappa shape index (κ2) is 6.78. The molecule has 2 N–H and O–H groups in total. The Morgan fingerprint density at radius 2 is 2.29 bits per heavy atom. The van der Waals surface area contributed by atoms with Gasteiger partial charge in [-0.05, 0) is 6.07 Å². The summed E-state index contributed by atoms with van der Waals surface area (Å²) in [7, 11) is 0. The number of nitrogens with zero attached hydrogens (tertiary/aromatic N) is 1. The molecule has 1 atom stereocenters. The van der Waals surface area contributed by atoms with Gasteiger partial charge in [0, 0.05) is 23.6 Å². The summed E-state index contributed by atoms with van der Waals surface area (Å²) in [6, 6.07) is 4.77. The van der Waals surface area contributed by atoms with Gasteiger partial charge in [0.05, 0.1) is 22.5 Å². The maximum Gasteiger partial charge on any atom is 0.275 e. The molecule has 5 nitrogen and oxygen atoms in total. The van der Waals surface area contributed by atoms with Gasteiger partial charge in [0.2, 0.25) is 0 Å². The van der Waals surface area contributed by atoms with Crippen LogP contribution in [0.4, 0.5) is 11.4 Å². The van der Waals surface area contributed by atoms with Crippen LogP contribution in [0.25, 0.3) is 0 Å². The zero-order chi connectivity index (χ0) is 12.8. The van der Waals surface area contributed by atoms with Crippen molar-refractivity contribution in [3.8, 4) is 0 Å². The quantitative estimate of drug-likeness (QED) is 0.479. The van der Waals surface area contributed by atoms with Crippen molar-refractivity contribution in [1.82, 2.24) is 0 Å². The zero-order valence-electron chi connectivity index (χ0n) is 8.90. The van der Waals surface area contributed by atoms with Crippen molar-refractivity contribution in [2.45, 2.75) is 11.4 Å². The molecule has 0 radical (unpaired) electrons. The number of nitro benzene ring substituents is 1. The van der Waals surface area contributed by atoms with Crippen LogP contribution in [-0.2, 0) is 5.33 Å². The fraction of sp³-hybridized carbons (Fsp3) is 0.400. The fourth-order valence-corrected chi connectivity index (χ4v) is 2.03. The maximum atomic E-state index is 10.8. The highest BCUT2D eigenvalue weighted by Crippen LogP contribution is 2.28. The second-order valence-electron chi connectivity index (χ2n) is 3.38. The summed E-state index contributed by atoms with van der Waals surface area (Å²) in [5, 5.41) is 23.4. The molecule has 94 valence electrons. The molecule has 0 aliphatic heterocycles. The van der Waals surface area contributed by atoms with Crippen LogP contribution >= 0.6 is 27.5 Å². The minimum atomic E-state index is -0.681. The first-order valence-electron chi connectivity index (χ1n) is 4.90. The molecular weight excluding hydrogens is 311 g/mol. The largest absolute Gasteiger partial charge is 0.390 e. The summed E-state index contributed by atoms with van der Waals surface area (Å²) in [6.45, 7) is 0.255. The summed E-state index contributed by atoms with van der Waals surface area (Å²) in [5.41, 5.74) is 1.23. The van der Waals surface area contributed by atoms with E-state index in [0.29, 0.717) is 16.6 Å². The van der Waals surface area contributed by atoms with Crippen LogP contribution in [0, 0.1) is 10.1 Å². The average Bonchev–Trinajstić information content (AvgIpc) is 2.34. The monoisotopic (exact) mass is 322 g/mol. The smallest absolute Gasteiger partial charge is 0.275 e. The minimum Gasteiger partial charge on any atom is -0.390 e. The third kappa shape index (κ3) is 3.83. The Hall–Kier alpha value is -0.850. The maximum absolute atomic E-state index is 10.8. The molecule has 0 spiro atoms. The number of halogens is 2. The lowest BCUT2D eigenvalue weighted by molar-refractivity contribution is -0.385. The summed E-state index contributed by atoms with van der Waals surface area (Å²) >= 11 is 8.68. The number of nitrogens with one attached hydrogen (secondary N) is 1. The van der Waals surface area contributed by atoms with E-state index in [9.17, 15) is 15.2 Å². The molecule has 0 aliphatic rings. The lowest BCUT2D eigenvalue weighted by Gasteiger charge is -2.13. The summed E-state index contributed by atoms with van der Waals surface area (Å²) in [4.78, 5) is 10.4. The van der Waals surface area contributed by atoms with Crippen molar-refractivity contribution < 1.29 is 10.0 Å². The van der Waals surface area contributed by atoms with E-state index in [2.05, 4.69) is 21.2 Å². The minimum absolute atomic E-state index is 0.0484. The van der Waals surface area contributed by atoms with Crippen LogP contribution in [0.3, 0.4) is 0 Å². The molecule has 7 heteroatoms. The molecular formula is C10H12BrClN2O3. The standard InChI is InChI=1S/C10H12BrClN2O3/c11-4-8-9(13-6-7(15)5-12)2-1-3-10(8)14(16)17/h1-3,7,13,15H,4-6H2. The lowest BCUT2D eigenvalue weighted by Crippen LogP contribution is -2.21. The Balaban J connectivity index is 2.91. The van der Waals surface area contributed by atoms with Crippen LogP contribution < -0.4 is 5.32 Å². The Bertz CT molecular complexity index is 403. The molecule has 17 heavy (non-hydrogen) atoms. The van der Waals surface area contributed by atoms with Crippen molar-refractivity contribution in [3.63, 3.8) is 0 Å². The number of benzene rings is 1. The van der Waals surface area contributed by atoms with Crippen LogP contribution in [0.5, 0.6) is 0 Å². The van der Waals surface area contributed by atoms with Crippen LogP contribution in [0.1, 0.15) is 5.56 Å². The number of nitro groups is 1. The van der Waals surface area contributed by atoms with E-state index in [0.717, 1.165) is 0 Å². The predicted molar refractivity (Wildman–Crippen MR) is 70.9 cm³/mol. The van der Waals surface area contributed by atoms with E-state index in [4.69, 9.17) is 11.6 Å². The number of aliphatic hydroxyl groups is 1. The zero-order valence-corrected chi connectivity index (χ0v) is 11.2. The number of alkyl halides is 2. The molecule has 0 aromatic heterocycles. The first kappa shape index (κ1) is 14.2. The van der Waals surface area contributed by atoms with Gasteiger partial charge in [-0.25, -0.2) is 0 Å². The van der Waals surface area contributed by atoms with Crippen LogP contribution in [-0.4, -0.2) is 28.6 Å². The SMILES string of the molecule is O=[N+]([O-])c1cccc(NCC(O)CCl)c1CBr. The third-order valence-corrected chi connectivity index (χ3v) is 3.10. The van der Waals surface area contributed by atoms with Gasteiger partial charge in [-0.15, -0.1) is 11.6 Å². The van der Waals surface area contributed by atoms with Crippen molar-refractivity contribution >= 4 is 38.9 Å². The highest BCUT2D eigenvalue weighted by molar-refractivity contribution is 9.08. The van der Waals surface area contributed by atoms with Crippen LogP contribution in [0.15, 0.2) is 18.2 Å². The van der Waals surface area contributed by atoms with E-state index in [1.807, 2.05) is 0 Å². The van der Waals surface area contributed by atoms with Crippen molar-refractivity contribution in [2.24, 2.45) is 0 Å². The predicted octanol–water partition coefficient (Wildman–Crippen LogP) is 2.50. The molecule has 1 aromatic rings. The lowest BCUT2D eigenvalue weighted by atomic mass is 10.1. The molecule has 0 bridgehead atoms. The Morgan fingerprint density at radius 3 is 2.82 bits per heavy atom. The van der Waals surface area contributed by atoms with Crippen molar-refractivity contribution in [2.75, 3.05) is 17.7 Å². The molecule has 0 heterocycles. The van der Waals surface area contributed by atoms with Gasteiger partial charge >= 0.3 is 0 Å². The Labute approximate surface area is 112 Å². The van der Waals surface area contributed by atoms with Gasteiger partial charge in [-0.1, -0.05) is 22.0 Å². The highest BCUT2D eigenvalue weighted by Gasteiger charge is 2.16. The molecule has 1 rings (SSSR count). The average molecular weight is 324 g/mol. The number of hydrogen-bond acceptors (Lipinski definition) is 4. The number of rotatable bonds is 6. The molecule has 0 fully saturated rings. The van der Waals surface area contributed by atoms with Gasteiger partial charge in [0.15, 0.2) is 0 Å². The molecule has 0 aliphatic carbocycles. The van der Waals surface area contributed by atoms with Gasteiger partial charge in [-0.2, -0.15) is 0 Å². The van der Waals surface area contributed by atoms with E-state index >= 15 is 0 Å². The van der Waals surface area contributed by atoms with Crippen LogP contribution in [0.2, 0.25) is 0 Å². The first-order chi connectivity index (χ1) is 8.10. The molecule has 1 unspecified atom stereocenters. The van der Waals surface area contributed by atoms with Gasteiger partial charge in [0.1, 0.15) is 0 Å². The van der Waals surface area contributed by atoms with Gasteiger partial charge in [0.25, 0.3) is 5.69 Å². The molecule has 0 saturated heterocycles. The van der Waals surface area contributed by atoms with E-state index in [1.165, 1.54) is 6.07 Å². The number of aliphatic hydroxyl groups excluding tert-OH is 1. The third-order valence-electron chi connectivity index (χ3n) is 2.19. The normalized spacial score (nSPS) is 12.2. The molecule has 1 aromatic carbocycles. The number of anilines is 1. The first-order valence-corrected chi connectivity index (χ1v) is 6.56. The fourth-order valence-electron chi connectivity index (χ4n) is 1.33. The number of hydrogen-bond donors (Lipinski definition) is 2. The van der Waals surface area contributed by atoms with Gasteiger partial charge < -0.3 is 10.4 Å².